The normalized spacial score (nSPS) is 20.2. The highest BCUT2D eigenvalue weighted by molar-refractivity contribution is 6.11. The van der Waals surface area contributed by atoms with Crippen LogP contribution >= 0.6 is 0 Å². The van der Waals surface area contributed by atoms with Crippen molar-refractivity contribution in [2.45, 2.75) is 25.1 Å². The molecule has 8 heteroatoms. The van der Waals surface area contributed by atoms with E-state index >= 15 is 0 Å². The van der Waals surface area contributed by atoms with Crippen LogP contribution in [-0.2, 0) is 4.74 Å². The zero-order valence-corrected chi connectivity index (χ0v) is 14.3. The number of rotatable bonds is 3. The van der Waals surface area contributed by atoms with Gasteiger partial charge in [0.2, 0.25) is 0 Å². The first kappa shape index (κ1) is 18.6. The van der Waals surface area contributed by atoms with Crippen LogP contribution in [0.1, 0.15) is 24.5 Å². The number of nitrogens with two attached hydrogens (primary N) is 1. The van der Waals surface area contributed by atoms with Crippen molar-refractivity contribution in [2.75, 3.05) is 0 Å². The zero-order valence-electron chi connectivity index (χ0n) is 14.3. The SMILES string of the molecule is CC1=C(c2cccnc2)N=C(c2ccccc2)C(OC(N)=O)(C(F)(F)F)C1. The molecule has 0 saturated heterocycles. The summed E-state index contributed by atoms with van der Waals surface area (Å²) in [4.78, 5) is 19.6. The smallest absolute Gasteiger partial charge is 0.426 e. The fourth-order valence-corrected chi connectivity index (χ4v) is 3.09. The van der Waals surface area contributed by atoms with E-state index in [-0.39, 0.29) is 5.56 Å². The summed E-state index contributed by atoms with van der Waals surface area (Å²) in [7, 11) is 0. The molecule has 1 aliphatic rings. The number of ether oxygens (including phenoxy) is 1. The minimum Gasteiger partial charge on any atom is -0.426 e. The summed E-state index contributed by atoms with van der Waals surface area (Å²) >= 11 is 0. The zero-order chi connectivity index (χ0) is 19.7. The van der Waals surface area contributed by atoms with Crippen LogP contribution in [-0.4, -0.2) is 28.6 Å². The van der Waals surface area contributed by atoms with E-state index in [1.807, 2.05) is 0 Å². The molecule has 2 aromatic rings. The lowest BCUT2D eigenvalue weighted by Crippen LogP contribution is -2.57. The Bertz CT molecular complexity index is 909. The topological polar surface area (TPSA) is 77.6 Å². The van der Waals surface area contributed by atoms with Gasteiger partial charge in [0.25, 0.3) is 5.60 Å². The number of pyridine rings is 1. The van der Waals surface area contributed by atoms with Crippen LogP contribution in [0, 0.1) is 0 Å². The number of benzene rings is 1. The van der Waals surface area contributed by atoms with Crippen LogP contribution in [0.5, 0.6) is 0 Å². The molecule has 1 amide bonds. The third-order valence-corrected chi connectivity index (χ3v) is 4.24. The van der Waals surface area contributed by atoms with Crippen molar-refractivity contribution < 1.29 is 22.7 Å². The highest BCUT2D eigenvalue weighted by atomic mass is 19.4. The highest BCUT2D eigenvalue weighted by Crippen LogP contribution is 2.46. The Morgan fingerprint density at radius 1 is 1.15 bits per heavy atom. The molecule has 27 heavy (non-hydrogen) atoms. The second-order valence-corrected chi connectivity index (χ2v) is 6.12. The molecule has 0 radical (unpaired) electrons. The van der Waals surface area contributed by atoms with E-state index in [1.165, 1.54) is 25.3 Å². The van der Waals surface area contributed by atoms with Crippen LogP contribution in [0.4, 0.5) is 18.0 Å². The summed E-state index contributed by atoms with van der Waals surface area (Å²) in [5.41, 5.74) is 3.03. The lowest BCUT2D eigenvalue weighted by Gasteiger charge is -2.38. The van der Waals surface area contributed by atoms with E-state index in [9.17, 15) is 18.0 Å². The molecule has 0 saturated carbocycles. The predicted molar refractivity (Wildman–Crippen MR) is 93.9 cm³/mol. The monoisotopic (exact) mass is 375 g/mol. The number of hydrogen-bond acceptors (Lipinski definition) is 4. The number of halogens is 3. The van der Waals surface area contributed by atoms with Gasteiger partial charge in [0.05, 0.1) is 5.70 Å². The Kier molecular flexibility index (Phi) is 4.73. The van der Waals surface area contributed by atoms with Crippen molar-refractivity contribution in [3.05, 3.63) is 71.6 Å². The quantitative estimate of drug-likeness (QED) is 0.877. The summed E-state index contributed by atoms with van der Waals surface area (Å²) in [5, 5.41) is 0. The summed E-state index contributed by atoms with van der Waals surface area (Å²) < 4.78 is 47.1. The van der Waals surface area contributed by atoms with Crippen molar-refractivity contribution in [1.82, 2.24) is 4.98 Å². The maximum absolute atomic E-state index is 14.1. The Morgan fingerprint density at radius 3 is 2.37 bits per heavy atom. The van der Waals surface area contributed by atoms with Gasteiger partial charge in [0.15, 0.2) is 0 Å². The first-order valence-corrected chi connectivity index (χ1v) is 8.04. The molecule has 3 rings (SSSR count). The third-order valence-electron chi connectivity index (χ3n) is 4.24. The van der Waals surface area contributed by atoms with E-state index < -0.39 is 30.0 Å². The first-order valence-electron chi connectivity index (χ1n) is 8.04. The number of carbonyl (C=O) groups is 1. The number of carbonyl (C=O) groups excluding carboxylic acids is 1. The second-order valence-electron chi connectivity index (χ2n) is 6.12. The molecular formula is C19H16F3N3O2. The number of nitrogens with zero attached hydrogens (tertiary/aromatic N) is 2. The number of alkyl halides is 3. The molecule has 0 aliphatic carbocycles. The molecule has 0 spiro atoms. The van der Waals surface area contributed by atoms with Gasteiger partial charge in [-0.2, -0.15) is 13.2 Å². The van der Waals surface area contributed by atoms with Gasteiger partial charge in [-0.1, -0.05) is 30.3 Å². The number of amides is 1. The van der Waals surface area contributed by atoms with E-state index in [0.717, 1.165) is 0 Å². The third kappa shape index (κ3) is 3.42. The van der Waals surface area contributed by atoms with Crippen molar-refractivity contribution in [2.24, 2.45) is 10.7 Å². The van der Waals surface area contributed by atoms with Gasteiger partial charge >= 0.3 is 12.3 Å². The molecule has 1 aromatic carbocycles. The first-order chi connectivity index (χ1) is 12.7. The molecular weight excluding hydrogens is 359 g/mol. The average molecular weight is 375 g/mol. The van der Waals surface area contributed by atoms with Crippen LogP contribution < -0.4 is 5.73 Å². The summed E-state index contributed by atoms with van der Waals surface area (Å²) in [6, 6.07) is 11.2. The number of primary amides is 1. The van der Waals surface area contributed by atoms with Gasteiger partial charge in [-0.05, 0) is 24.6 Å². The summed E-state index contributed by atoms with van der Waals surface area (Å²) in [5.74, 6) is 0. The Balaban J connectivity index is 2.26. The predicted octanol–water partition coefficient (Wildman–Crippen LogP) is 4.10. The van der Waals surface area contributed by atoms with Crippen molar-refractivity contribution in [3.63, 3.8) is 0 Å². The molecule has 1 aliphatic heterocycles. The number of aliphatic imine (C=N–C) groups is 1. The van der Waals surface area contributed by atoms with Gasteiger partial charge in [-0.25, -0.2) is 9.79 Å². The maximum atomic E-state index is 14.1. The van der Waals surface area contributed by atoms with Crippen molar-refractivity contribution in [3.8, 4) is 0 Å². The lowest BCUT2D eigenvalue weighted by molar-refractivity contribution is -0.228. The van der Waals surface area contributed by atoms with Gasteiger partial charge < -0.3 is 10.5 Å². The van der Waals surface area contributed by atoms with Crippen LogP contribution in [0.2, 0.25) is 0 Å². The molecule has 2 N–H and O–H groups in total. The molecule has 140 valence electrons. The van der Waals surface area contributed by atoms with Gasteiger partial charge in [0.1, 0.15) is 5.71 Å². The molecule has 0 bridgehead atoms. The van der Waals surface area contributed by atoms with Crippen LogP contribution in [0.3, 0.4) is 0 Å². The van der Waals surface area contributed by atoms with E-state index in [1.54, 1.807) is 36.5 Å². The minimum atomic E-state index is -4.92. The van der Waals surface area contributed by atoms with E-state index in [2.05, 4.69) is 9.98 Å². The molecule has 5 nitrogen and oxygen atoms in total. The highest BCUT2D eigenvalue weighted by Gasteiger charge is 2.63. The Labute approximate surface area is 153 Å². The van der Waals surface area contributed by atoms with E-state index in [4.69, 9.17) is 10.5 Å². The Hall–Kier alpha value is -3.16. The molecule has 2 heterocycles. The van der Waals surface area contributed by atoms with Gasteiger partial charge in [-0.3, -0.25) is 4.98 Å². The molecule has 1 aromatic heterocycles. The second kappa shape index (κ2) is 6.86. The van der Waals surface area contributed by atoms with Crippen molar-refractivity contribution in [1.29, 1.82) is 0 Å². The summed E-state index contributed by atoms with van der Waals surface area (Å²) in [6.45, 7) is 1.51. The fraction of sp³-hybridized carbons (Fsp3) is 0.211. The van der Waals surface area contributed by atoms with E-state index in [0.29, 0.717) is 16.8 Å². The Morgan fingerprint density at radius 2 is 1.81 bits per heavy atom. The van der Waals surface area contributed by atoms with Crippen molar-refractivity contribution >= 4 is 17.5 Å². The number of aromatic nitrogens is 1. The molecule has 1 unspecified atom stereocenters. The summed E-state index contributed by atoms with van der Waals surface area (Å²) in [6.07, 6.45) is -3.98. The van der Waals surface area contributed by atoms with Crippen LogP contribution in [0.25, 0.3) is 5.70 Å². The fourth-order valence-electron chi connectivity index (χ4n) is 3.09. The minimum absolute atomic E-state index is 0.185. The maximum Gasteiger partial charge on any atom is 0.434 e. The lowest BCUT2D eigenvalue weighted by atomic mass is 9.81. The molecule has 0 fully saturated rings. The van der Waals surface area contributed by atoms with Gasteiger partial charge in [0, 0.05) is 29.9 Å². The standard InChI is InChI=1S/C19H16F3N3O2/c1-12-10-18(19(20,21)22,27-17(23)26)16(13-6-3-2-4-7-13)25-15(12)14-8-5-9-24-11-14/h2-9,11H,10H2,1H3,(H2,23,26). The molecule has 1 atom stereocenters. The largest absolute Gasteiger partial charge is 0.434 e. The van der Waals surface area contributed by atoms with Crippen LogP contribution in [0.15, 0.2) is 65.4 Å². The van der Waals surface area contributed by atoms with Gasteiger partial charge in [-0.15, -0.1) is 0 Å². The number of hydrogen-bond donors (Lipinski definition) is 1. The average Bonchev–Trinajstić information content (AvgIpc) is 2.62.